The molecule has 0 aliphatic rings. The number of carbonyl (C=O) groups is 1. The van der Waals surface area contributed by atoms with Crippen molar-refractivity contribution < 1.29 is 13.6 Å². The monoisotopic (exact) mass is 335 g/mol. The molecule has 4 aromatic rings. The van der Waals surface area contributed by atoms with Crippen LogP contribution in [-0.2, 0) is 6.54 Å². The Hall–Kier alpha value is -3.21. The highest BCUT2D eigenvalue weighted by atomic mass is 19.2. The second-order valence-electron chi connectivity index (χ2n) is 5.83. The van der Waals surface area contributed by atoms with E-state index in [0.29, 0.717) is 23.1 Å². The van der Waals surface area contributed by atoms with Gasteiger partial charge in [-0.2, -0.15) is 0 Å². The lowest BCUT2D eigenvalue weighted by molar-refractivity contribution is 0.100. The Bertz CT molecular complexity index is 1130. The maximum absolute atomic E-state index is 13.6. The molecular formula is C20H13F2N2O. The number of halogens is 2. The smallest absolute Gasteiger partial charge is 0.249 e. The molecule has 0 aliphatic heterocycles. The minimum absolute atomic E-state index is 0.331. The molecule has 0 unspecified atom stereocenters. The Balaban J connectivity index is 2.00. The minimum atomic E-state index is -0.886. The van der Waals surface area contributed by atoms with Crippen molar-refractivity contribution in [2.24, 2.45) is 5.73 Å². The molecule has 0 saturated heterocycles. The summed E-state index contributed by atoms with van der Waals surface area (Å²) in [5, 5.41) is 1.49. The number of amides is 1. The predicted molar refractivity (Wildman–Crippen MR) is 92.3 cm³/mol. The number of hydrogen-bond donors (Lipinski definition) is 1. The van der Waals surface area contributed by atoms with Gasteiger partial charge in [-0.15, -0.1) is 0 Å². The maximum Gasteiger partial charge on any atom is 0.249 e. The Morgan fingerprint density at radius 1 is 1.04 bits per heavy atom. The zero-order valence-electron chi connectivity index (χ0n) is 13.1. The van der Waals surface area contributed by atoms with E-state index in [9.17, 15) is 13.6 Å². The molecule has 1 radical (unpaired) electrons. The lowest BCUT2D eigenvalue weighted by Crippen LogP contribution is -2.11. The largest absolute Gasteiger partial charge is 0.366 e. The standard InChI is InChI=1S/C20H13F2N2O/c21-15-9-8-12(10-16(15)22)11-24-17-6-2-1-4-13(17)19-14(20(23)25)5-3-7-18(19)24/h1-3,5-10H,11H2,(H2,23,25). The highest BCUT2D eigenvalue weighted by molar-refractivity contribution is 6.17. The third-order valence-electron chi connectivity index (χ3n) is 4.30. The summed E-state index contributed by atoms with van der Waals surface area (Å²) < 4.78 is 28.7. The van der Waals surface area contributed by atoms with Crippen LogP contribution in [0.4, 0.5) is 8.78 Å². The summed E-state index contributed by atoms with van der Waals surface area (Å²) in [5.41, 5.74) is 8.18. The fourth-order valence-corrected chi connectivity index (χ4v) is 3.21. The van der Waals surface area contributed by atoms with Gasteiger partial charge in [-0.1, -0.05) is 24.3 Å². The quantitative estimate of drug-likeness (QED) is 0.604. The number of rotatable bonds is 3. The van der Waals surface area contributed by atoms with Crippen molar-refractivity contribution in [3.05, 3.63) is 83.4 Å². The van der Waals surface area contributed by atoms with Gasteiger partial charge in [0.15, 0.2) is 11.6 Å². The maximum atomic E-state index is 13.6. The van der Waals surface area contributed by atoms with Crippen LogP contribution in [-0.4, -0.2) is 10.5 Å². The van der Waals surface area contributed by atoms with Crippen molar-refractivity contribution in [3.8, 4) is 0 Å². The lowest BCUT2D eigenvalue weighted by atomic mass is 10.1. The zero-order chi connectivity index (χ0) is 17.6. The fourth-order valence-electron chi connectivity index (χ4n) is 3.21. The van der Waals surface area contributed by atoms with Gasteiger partial charge in [0.05, 0.1) is 11.0 Å². The molecule has 0 spiro atoms. The molecule has 0 bridgehead atoms. The van der Waals surface area contributed by atoms with Gasteiger partial charge in [0, 0.05) is 22.9 Å². The number of hydrogen-bond acceptors (Lipinski definition) is 1. The van der Waals surface area contributed by atoms with Crippen molar-refractivity contribution in [1.82, 2.24) is 4.57 Å². The van der Waals surface area contributed by atoms with Gasteiger partial charge in [0.25, 0.3) is 0 Å². The minimum Gasteiger partial charge on any atom is -0.366 e. The second kappa shape index (κ2) is 5.70. The van der Waals surface area contributed by atoms with E-state index < -0.39 is 17.5 Å². The summed E-state index contributed by atoms with van der Waals surface area (Å²) in [6.07, 6.45) is 0. The third-order valence-corrected chi connectivity index (χ3v) is 4.30. The van der Waals surface area contributed by atoms with Gasteiger partial charge in [-0.3, -0.25) is 4.79 Å². The first-order valence-electron chi connectivity index (χ1n) is 7.71. The van der Waals surface area contributed by atoms with Crippen molar-refractivity contribution in [3.63, 3.8) is 0 Å². The van der Waals surface area contributed by atoms with Gasteiger partial charge in [-0.05, 0) is 42.0 Å². The molecule has 25 heavy (non-hydrogen) atoms. The Morgan fingerprint density at radius 2 is 1.84 bits per heavy atom. The van der Waals surface area contributed by atoms with Crippen molar-refractivity contribution in [2.75, 3.05) is 0 Å². The highest BCUT2D eigenvalue weighted by Gasteiger charge is 2.16. The first-order valence-corrected chi connectivity index (χ1v) is 7.71. The number of primary amides is 1. The van der Waals surface area contributed by atoms with Crippen LogP contribution in [0.15, 0.2) is 54.6 Å². The van der Waals surface area contributed by atoms with Crippen LogP contribution >= 0.6 is 0 Å². The summed E-state index contributed by atoms with van der Waals surface area (Å²) in [6.45, 7) is 0.331. The molecule has 3 nitrogen and oxygen atoms in total. The van der Waals surface area contributed by atoms with E-state index in [1.165, 1.54) is 6.07 Å². The molecule has 1 amide bonds. The highest BCUT2D eigenvalue weighted by Crippen LogP contribution is 2.32. The van der Waals surface area contributed by atoms with Crippen LogP contribution in [0, 0.1) is 17.7 Å². The SMILES string of the molecule is NC(=O)c1cccc2c1c1[c]cccc1n2Cc1ccc(F)c(F)c1. The van der Waals surface area contributed by atoms with E-state index in [1.54, 1.807) is 24.3 Å². The molecule has 1 heterocycles. The average molecular weight is 335 g/mol. The van der Waals surface area contributed by atoms with E-state index in [-0.39, 0.29) is 0 Å². The Morgan fingerprint density at radius 3 is 2.60 bits per heavy atom. The average Bonchev–Trinajstić information content (AvgIpc) is 2.92. The molecule has 0 atom stereocenters. The summed E-state index contributed by atoms with van der Waals surface area (Å²) >= 11 is 0. The molecular weight excluding hydrogens is 322 g/mol. The molecule has 5 heteroatoms. The molecule has 0 aliphatic carbocycles. The van der Waals surface area contributed by atoms with Crippen LogP contribution in [0.25, 0.3) is 21.8 Å². The Labute approximate surface area is 142 Å². The zero-order valence-corrected chi connectivity index (χ0v) is 13.1. The summed E-state index contributed by atoms with van der Waals surface area (Å²) in [4.78, 5) is 11.8. The molecule has 3 aromatic carbocycles. The normalized spacial score (nSPS) is 11.3. The second-order valence-corrected chi connectivity index (χ2v) is 5.83. The first-order chi connectivity index (χ1) is 12.1. The van der Waals surface area contributed by atoms with Gasteiger partial charge >= 0.3 is 0 Å². The van der Waals surface area contributed by atoms with E-state index in [4.69, 9.17) is 5.73 Å². The molecule has 123 valence electrons. The van der Waals surface area contributed by atoms with Crippen LogP contribution in [0.2, 0.25) is 0 Å². The molecule has 1 aromatic heterocycles. The number of fused-ring (bicyclic) bond motifs is 3. The number of benzene rings is 3. The fraction of sp³-hybridized carbons (Fsp3) is 0.0500. The van der Waals surface area contributed by atoms with Gasteiger partial charge in [-0.25, -0.2) is 8.78 Å². The van der Waals surface area contributed by atoms with Crippen molar-refractivity contribution in [2.45, 2.75) is 6.54 Å². The summed E-state index contributed by atoms with van der Waals surface area (Å²) in [7, 11) is 0. The van der Waals surface area contributed by atoms with Crippen LogP contribution in [0.1, 0.15) is 15.9 Å². The van der Waals surface area contributed by atoms with E-state index in [0.717, 1.165) is 22.5 Å². The van der Waals surface area contributed by atoms with E-state index in [2.05, 4.69) is 6.07 Å². The first kappa shape index (κ1) is 15.3. The van der Waals surface area contributed by atoms with Crippen LogP contribution < -0.4 is 5.73 Å². The van der Waals surface area contributed by atoms with E-state index in [1.807, 2.05) is 22.8 Å². The summed E-state index contributed by atoms with van der Waals surface area (Å²) in [5.74, 6) is -2.28. The predicted octanol–water partition coefficient (Wildman–Crippen LogP) is 4.02. The molecule has 4 rings (SSSR count). The lowest BCUT2D eigenvalue weighted by Gasteiger charge is -2.08. The van der Waals surface area contributed by atoms with Gasteiger partial charge in [0.1, 0.15) is 0 Å². The molecule has 2 N–H and O–H groups in total. The van der Waals surface area contributed by atoms with Crippen LogP contribution in [0.5, 0.6) is 0 Å². The topological polar surface area (TPSA) is 48.0 Å². The molecule has 0 fully saturated rings. The molecule has 0 saturated carbocycles. The van der Waals surface area contributed by atoms with Crippen LogP contribution in [0.3, 0.4) is 0 Å². The third kappa shape index (κ3) is 2.45. The number of carbonyl (C=O) groups excluding carboxylic acids is 1. The van der Waals surface area contributed by atoms with Crippen molar-refractivity contribution >= 4 is 27.7 Å². The van der Waals surface area contributed by atoms with E-state index >= 15 is 0 Å². The number of aromatic nitrogens is 1. The van der Waals surface area contributed by atoms with Crippen molar-refractivity contribution in [1.29, 1.82) is 0 Å². The number of nitrogens with zero attached hydrogens (tertiary/aromatic N) is 1. The van der Waals surface area contributed by atoms with Gasteiger partial charge in [0.2, 0.25) is 5.91 Å². The van der Waals surface area contributed by atoms with Gasteiger partial charge < -0.3 is 10.3 Å². The Kier molecular flexibility index (Phi) is 3.50. The number of nitrogens with two attached hydrogens (primary N) is 1. The summed E-state index contributed by atoms with van der Waals surface area (Å²) in [6, 6.07) is 17.8.